The summed E-state index contributed by atoms with van der Waals surface area (Å²) in [7, 11) is 0. The fraction of sp³-hybridized carbons (Fsp3) is 0.0526. The van der Waals surface area contributed by atoms with Gasteiger partial charge < -0.3 is 4.74 Å². The van der Waals surface area contributed by atoms with E-state index in [2.05, 4.69) is 0 Å². The van der Waals surface area contributed by atoms with Crippen molar-refractivity contribution in [3.8, 4) is 11.8 Å². The lowest BCUT2D eigenvalue weighted by molar-refractivity contribution is 0.0921. The van der Waals surface area contributed by atoms with Crippen LogP contribution in [-0.2, 0) is 0 Å². The first-order valence-electron chi connectivity index (χ1n) is 6.92. The van der Waals surface area contributed by atoms with Gasteiger partial charge in [0.1, 0.15) is 11.8 Å². The number of ketones is 1. The molecule has 0 aliphatic rings. The maximum atomic E-state index is 12.3. The predicted octanol–water partition coefficient (Wildman–Crippen LogP) is 3.97. The highest BCUT2D eigenvalue weighted by atomic mass is 16.5. The molecule has 0 fully saturated rings. The molecule has 0 radical (unpaired) electrons. The molecule has 0 unspecified atom stereocenters. The van der Waals surface area contributed by atoms with E-state index in [1.54, 1.807) is 30.3 Å². The highest BCUT2D eigenvalue weighted by Crippen LogP contribution is 2.18. The lowest BCUT2D eigenvalue weighted by Gasteiger charge is -2.07. The van der Waals surface area contributed by atoms with Gasteiger partial charge in [-0.15, -0.1) is 0 Å². The van der Waals surface area contributed by atoms with Gasteiger partial charge in [0.2, 0.25) is 0 Å². The molecular formula is C19H13NO2. The molecule has 3 heteroatoms. The molecule has 3 rings (SSSR count). The third kappa shape index (κ3) is 2.82. The van der Waals surface area contributed by atoms with E-state index in [0.29, 0.717) is 16.9 Å². The Morgan fingerprint density at radius 1 is 0.955 bits per heavy atom. The van der Waals surface area contributed by atoms with Gasteiger partial charge in [-0.05, 0) is 29.0 Å². The third-order valence-electron chi connectivity index (χ3n) is 3.44. The number of hydrogen-bond acceptors (Lipinski definition) is 3. The Hall–Kier alpha value is -3.12. The fourth-order valence-electron chi connectivity index (χ4n) is 2.27. The van der Waals surface area contributed by atoms with Gasteiger partial charge in [-0.2, -0.15) is 5.26 Å². The molecule has 3 aromatic carbocycles. The second-order valence-electron chi connectivity index (χ2n) is 4.88. The molecule has 3 nitrogen and oxygen atoms in total. The van der Waals surface area contributed by atoms with Gasteiger partial charge in [0.25, 0.3) is 0 Å². The van der Waals surface area contributed by atoms with Crippen molar-refractivity contribution in [1.82, 2.24) is 0 Å². The number of rotatable bonds is 4. The SMILES string of the molecule is N#Cc1ccccc1OCC(=O)c1ccc2ccccc2c1. The highest BCUT2D eigenvalue weighted by molar-refractivity contribution is 6.00. The number of carbonyl (C=O) groups is 1. The first-order chi connectivity index (χ1) is 10.8. The number of benzene rings is 3. The number of fused-ring (bicyclic) bond motifs is 1. The summed E-state index contributed by atoms with van der Waals surface area (Å²) in [5, 5.41) is 11.1. The van der Waals surface area contributed by atoms with Gasteiger partial charge in [-0.3, -0.25) is 4.79 Å². The van der Waals surface area contributed by atoms with Crippen LogP contribution in [0.3, 0.4) is 0 Å². The van der Waals surface area contributed by atoms with Crippen LogP contribution in [0.1, 0.15) is 15.9 Å². The molecule has 0 N–H and O–H groups in total. The molecular weight excluding hydrogens is 274 g/mol. The van der Waals surface area contributed by atoms with Crippen molar-refractivity contribution in [1.29, 1.82) is 5.26 Å². The fourth-order valence-corrected chi connectivity index (χ4v) is 2.27. The molecule has 0 saturated heterocycles. The van der Waals surface area contributed by atoms with E-state index in [1.807, 2.05) is 42.5 Å². The summed E-state index contributed by atoms with van der Waals surface area (Å²) in [4.78, 5) is 12.3. The molecule has 3 aromatic rings. The molecule has 0 aromatic heterocycles. The topological polar surface area (TPSA) is 50.1 Å². The average molecular weight is 287 g/mol. The van der Waals surface area contributed by atoms with Crippen molar-refractivity contribution in [3.63, 3.8) is 0 Å². The number of ether oxygens (including phenoxy) is 1. The van der Waals surface area contributed by atoms with Crippen molar-refractivity contribution in [2.45, 2.75) is 0 Å². The van der Waals surface area contributed by atoms with E-state index < -0.39 is 0 Å². The van der Waals surface area contributed by atoms with Crippen LogP contribution < -0.4 is 4.74 Å². The molecule has 22 heavy (non-hydrogen) atoms. The van der Waals surface area contributed by atoms with E-state index in [4.69, 9.17) is 10.00 Å². The molecule has 0 amide bonds. The minimum atomic E-state index is -0.113. The minimum absolute atomic E-state index is 0.0863. The van der Waals surface area contributed by atoms with E-state index in [9.17, 15) is 4.79 Å². The molecule has 0 bridgehead atoms. The van der Waals surface area contributed by atoms with E-state index in [-0.39, 0.29) is 12.4 Å². The van der Waals surface area contributed by atoms with Gasteiger partial charge >= 0.3 is 0 Å². The minimum Gasteiger partial charge on any atom is -0.484 e. The Morgan fingerprint density at radius 3 is 2.50 bits per heavy atom. The monoisotopic (exact) mass is 287 g/mol. The Morgan fingerprint density at radius 2 is 1.68 bits per heavy atom. The summed E-state index contributed by atoms with van der Waals surface area (Å²) in [5.41, 5.74) is 1.03. The molecule has 0 aliphatic carbocycles. The van der Waals surface area contributed by atoms with E-state index in [1.165, 1.54) is 0 Å². The zero-order chi connectivity index (χ0) is 15.4. The van der Waals surface area contributed by atoms with Gasteiger partial charge in [0.15, 0.2) is 12.4 Å². The quantitative estimate of drug-likeness (QED) is 0.682. The van der Waals surface area contributed by atoms with Gasteiger partial charge in [-0.25, -0.2) is 0 Å². The molecule has 0 atom stereocenters. The molecule has 0 spiro atoms. The van der Waals surface area contributed by atoms with E-state index in [0.717, 1.165) is 10.8 Å². The van der Waals surface area contributed by atoms with Crippen molar-refractivity contribution >= 4 is 16.6 Å². The Labute approximate surface area is 128 Å². The van der Waals surface area contributed by atoms with Gasteiger partial charge in [0.05, 0.1) is 5.56 Å². The largest absolute Gasteiger partial charge is 0.484 e. The summed E-state index contributed by atoms with van der Waals surface area (Å²) in [6.07, 6.45) is 0. The summed E-state index contributed by atoms with van der Waals surface area (Å²) in [5.74, 6) is 0.317. The predicted molar refractivity (Wildman–Crippen MR) is 84.9 cm³/mol. The van der Waals surface area contributed by atoms with Crippen molar-refractivity contribution in [2.24, 2.45) is 0 Å². The lowest BCUT2D eigenvalue weighted by Crippen LogP contribution is -2.12. The number of nitrogens with zero attached hydrogens (tertiary/aromatic N) is 1. The van der Waals surface area contributed by atoms with Crippen molar-refractivity contribution in [2.75, 3.05) is 6.61 Å². The first-order valence-corrected chi connectivity index (χ1v) is 6.92. The van der Waals surface area contributed by atoms with Crippen LogP contribution in [0.15, 0.2) is 66.7 Å². The zero-order valence-corrected chi connectivity index (χ0v) is 11.8. The van der Waals surface area contributed by atoms with Gasteiger partial charge in [0, 0.05) is 5.56 Å². The maximum Gasteiger partial charge on any atom is 0.200 e. The van der Waals surface area contributed by atoms with Crippen molar-refractivity contribution in [3.05, 3.63) is 77.9 Å². The van der Waals surface area contributed by atoms with E-state index >= 15 is 0 Å². The normalized spacial score (nSPS) is 10.1. The molecule has 106 valence electrons. The average Bonchev–Trinajstić information content (AvgIpc) is 2.59. The van der Waals surface area contributed by atoms with Gasteiger partial charge in [-0.1, -0.05) is 48.5 Å². The summed E-state index contributed by atoms with van der Waals surface area (Å²) in [6.45, 7) is -0.0863. The number of Topliss-reactive ketones (excluding diaryl/α,β-unsaturated/α-hetero) is 1. The Bertz CT molecular complexity index is 878. The lowest BCUT2D eigenvalue weighted by atomic mass is 10.0. The molecule has 0 aliphatic heterocycles. The summed E-state index contributed by atoms with van der Waals surface area (Å²) in [6, 6.07) is 22.4. The van der Waals surface area contributed by atoms with Crippen LogP contribution in [0.4, 0.5) is 0 Å². The first kappa shape index (κ1) is 13.8. The maximum absolute atomic E-state index is 12.3. The third-order valence-corrected chi connectivity index (χ3v) is 3.44. The standard InChI is InChI=1S/C19H13NO2/c20-12-17-7-3-4-8-19(17)22-13-18(21)16-10-9-14-5-1-2-6-15(14)11-16/h1-11H,13H2. The number of carbonyl (C=O) groups excluding carboxylic acids is 1. The van der Waals surface area contributed by atoms with Crippen LogP contribution in [0.2, 0.25) is 0 Å². The smallest absolute Gasteiger partial charge is 0.200 e. The van der Waals surface area contributed by atoms with Crippen molar-refractivity contribution < 1.29 is 9.53 Å². The highest BCUT2D eigenvalue weighted by Gasteiger charge is 2.09. The second-order valence-corrected chi connectivity index (χ2v) is 4.88. The van der Waals surface area contributed by atoms with Crippen LogP contribution in [0.25, 0.3) is 10.8 Å². The molecule has 0 saturated carbocycles. The summed E-state index contributed by atoms with van der Waals surface area (Å²) >= 11 is 0. The summed E-state index contributed by atoms with van der Waals surface area (Å²) < 4.78 is 5.48. The Kier molecular flexibility index (Phi) is 3.84. The molecule has 0 heterocycles. The van der Waals surface area contributed by atoms with Crippen LogP contribution in [-0.4, -0.2) is 12.4 Å². The van der Waals surface area contributed by atoms with Crippen LogP contribution >= 0.6 is 0 Å². The second kappa shape index (κ2) is 6.11. The number of para-hydroxylation sites is 1. The zero-order valence-electron chi connectivity index (χ0n) is 11.8. The number of hydrogen-bond donors (Lipinski definition) is 0. The van der Waals surface area contributed by atoms with Crippen LogP contribution in [0, 0.1) is 11.3 Å². The van der Waals surface area contributed by atoms with Crippen LogP contribution in [0.5, 0.6) is 5.75 Å². The number of nitriles is 1. The Balaban J connectivity index is 1.77.